The van der Waals surface area contributed by atoms with Crippen LogP contribution in [0.3, 0.4) is 0 Å². The third kappa shape index (κ3) is 7.20. The molecule has 0 bridgehead atoms. The molecule has 0 N–H and O–H groups in total. The molecule has 0 saturated heterocycles. The first-order chi connectivity index (χ1) is 17.6. The summed E-state index contributed by atoms with van der Waals surface area (Å²) in [6.45, 7) is 4.38. The number of aryl methyl sites for hydroxylation is 1. The smallest absolute Gasteiger partial charge is 0.166 e. The monoisotopic (exact) mass is 494 g/mol. The van der Waals surface area contributed by atoms with Gasteiger partial charge in [-0.3, -0.25) is 0 Å². The molecule has 0 atom stereocenters. The normalized spacial score (nSPS) is 25.1. The summed E-state index contributed by atoms with van der Waals surface area (Å²) in [5, 5.41) is 1.31. The Morgan fingerprint density at radius 3 is 2.14 bits per heavy atom. The molecule has 0 aromatic heterocycles. The molecule has 0 heterocycles. The fourth-order valence-corrected chi connectivity index (χ4v) is 6.78. The molecule has 198 valence electrons. The molecule has 0 spiro atoms. The molecule has 36 heavy (non-hydrogen) atoms. The summed E-state index contributed by atoms with van der Waals surface area (Å²) in [6, 6.07) is 8.02. The maximum atomic E-state index is 15.0. The Kier molecular flexibility index (Phi) is 10.4. The van der Waals surface area contributed by atoms with E-state index in [1.54, 1.807) is 0 Å². The molecule has 0 amide bonds. The van der Waals surface area contributed by atoms with Gasteiger partial charge in [0.2, 0.25) is 0 Å². The van der Waals surface area contributed by atoms with Crippen LogP contribution in [0.1, 0.15) is 127 Å². The molecular weight excluding hydrogens is 446 g/mol. The van der Waals surface area contributed by atoms with Gasteiger partial charge in [-0.1, -0.05) is 70.2 Å². The highest BCUT2D eigenvalue weighted by Crippen LogP contribution is 2.41. The Hall–Kier alpha value is -1.70. The summed E-state index contributed by atoms with van der Waals surface area (Å²) in [4.78, 5) is 0. The van der Waals surface area contributed by atoms with E-state index in [0.29, 0.717) is 23.3 Å². The predicted octanol–water partition coefficient (Wildman–Crippen LogP) is 11.1. The van der Waals surface area contributed by atoms with Crippen molar-refractivity contribution in [2.75, 3.05) is 0 Å². The van der Waals surface area contributed by atoms with E-state index in [9.17, 15) is 8.78 Å². The van der Waals surface area contributed by atoms with Crippen LogP contribution in [0.5, 0.6) is 0 Å². The Balaban J connectivity index is 1.26. The van der Waals surface area contributed by atoms with Gasteiger partial charge < -0.3 is 0 Å². The van der Waals surface area contributed by atoms with Gasteiger partial charge in [0, 0.05) is 5.39 Å². The van der Waals surface area contributed by atoms with Gasteiger partial charge in [-0.25, -0.2) is 8.78 Å². The average molecular weight is 495 g/mol. The van der Waals surface area contributed by atoms with Crippen molar-refractivity contribution in [2.24, 2.45) is 17.8 Å². The average Bonchev–Trinajstić information content (AvgIpc) is 2.91. The maximum Gasteiger partial charge on any atom is 0.166 e. The lowest BCUT2D eigenvalue weighted by atomic mass is 9.74. The van der Waals surface area contributed by atoms with Crippen LogP contribution in [0.15, 0.2) is 36.4 Å². The molecule has 2 aliphatic carbocycles. The minimum absolute atomic E-state index is 0.464. The second kappa shape index (κ2) is 13.7. The van der Waals surface area contributed by atoms with E-state index in [1.165, 1.54) is 82.6 Å². The van der Waals surface area contributed by atoms with Gasteiger partial charge in [0.1, 0.15) is 0 Å². The fraction of sp³-hybridized carbons (Fsp3) is 0.647. The number of halogens is 2. The van der Waals surface area contributed by atoms with Crippen molar-refractivity contribution in [3.63, 3.8) is 0 Å². The second-order valence-electron chi connectivity index (χ2n) is 11.9. The Bertz CT molecular complexity index is 974. The minimum Gasteiger partial charge on any atom is -0.203 e. The van der Waals surface area contributed by atoms with E-state index in [2.05, 4.69) is 32.1 Å². The fourth-order valence-electron chi connectivity index (χ4n) is 6.78. The van der Waals surface area contributed by atoms with Gasteiger partial charge in [-0.05, 0) is 123 Å². The van der Waals surface area contributed by atoms with Crippen molar-refractivity contribution < 1.29 is 8.78 Å². The van der Waals surface area contributed by atoms with E-state index < -0.39 is 11.6 Å². The van der Waals surface area contributed by atoms with Crippen LogP contribution >= 0.6 is 0 Å². The zero-order chi connectivity index (χ0) is 25.3. The lowest BCUT2D eigenvalue weighted by molar-refractivity contribution is 0.246. The molecule has 4 rings (SSSR count). The molecule has 2 fully saturated rings. The third-order valence-electron chi connectivity index (χ3n) is 9.22. The van der Waals surface area contributed by atoms with Gasteiger partial charge in [0.15, 0.2) is 11.6 Å². The summed E-state index contributed by atoms with van der Waals surface area (Å²) in [5.41, 5.74) is 1.73. The van der Waals surface area contributed by atoms with E-state index in [-0.39, 0.29) is 0 Å². The van der Waals surface area contributed by atoms with E-state index >= 15 is 0 Å². The highest BCUT2D eigenvalue weighted by molar-refractivity contribution is 5.85. The molecule has 2 heteroatoms. The SMILES string of the molecule is CCC/C=C/C1CCC(CCC2CCC(c3ccc4cc(CCCCC)c(F)c(F)c4c3)CC2)CC1. The highest BCUT2D eigenvalue weighted by Gasteiger charge is 2.25. The molecule has 2 aromatic rings. The first kappa shape index (κ1) is 27.3. The summed E-state index contributed by atoms with van der Waals surface area (Å²) in [5.74, 6) is 1.82. The number of hydrogen-bond donors (Lipinski definition) is 0. The van der Waals surface area contributed by atoms with E-state index in [0.717, 1.165) is 42.4 Å². The number of unbranched alkanes of at least 4 members (excludes halogenated alkanes) is 3. The largest absolute Gasteiger partial charge is 0.203 e. The van der Waals surface area contributed by atoms with Gasteiger partial charge in [-0.2, -0.15) is 0 Å². The predicted molar refractivity (Wildman–Crippen MR) is 151 cm³/mol. The van der Waals surface area contributed by atoms with Crippen LogP contribution in [-0.2, 0) is 6.42 Å². The molecule has 0 radical (unpaired) electrons. The Morgan fingerprint density at radius 2 is 1.47 bits per heavy atom. The van der Waals surface area contributed by atoms with Crippen LogP contribution < -0.4 is 0 Å². The summed E-state index contributed by atoms with van der Waals surface area (Å²) in [6.07, 6.45) is 24.4. The van der Waals surface area contributed by atoms with Crippen molar-refractivity contribution in [2.45, 2.75) is 122 Å². The van der Waals surface area contributed by atoms with Crippen LogP contribution in [0, 0.1) is 29.4 Å². The van der Waals surface area contributed by atoms with Crippen LogP contribution in [0.4, 0.5) is 8.78 Å². The number of hydrogen-bond acceptors (Lipinski definition) is 0. The summed E-state index contributed by atoms with van der Waals surface area (Å²) >= 11 is 0. The molecule has 2 aliphatic rings. The number of allylic oxidation sites excluding steroid dienone is 2. The minimum atomic E-state index is -0.648. The van der Waals surface area contributed by atoms with Gasteiger partial charge >= 0.3 is 0 Å². The number of fused-ring (bicyclic) bond motifs is 1. The Morgan fingerprint density at radius 1 is 0.778 bits per heavy atom. The lowest BCUT2D eigenvalue weighted by Crippen LogP contribution is -2.17. The van der Waals surface area contributed by atoms with E-state index in [4.69, 9.17) is 0 Å². The summed E-state index contributed by atoms with van der Waals surface area (Å²) < 4.78 is 29.7. The zero-order valence-corrected chi connectivity index (χ0v) is 22.8. The van der Waals surface area contributed by atoms with Crippen molar-refractivity contribution in [3.05, 3.63) is 59.2 Å². The molecular formula is C34H48F2. The van der Waals surface area contributed by atoms with Crippen molar-refractivity contribution in [1.82, 2.24) is 0 Å². The number of benzene rings is 2. The van der Waals surface area contributed by atoms with Crippen molar-refractivity contribution >= 4 is 10.8 Å². The van der Waals surface area contributed by atoms with Crippen LogP contribution in [0.2, 0.25) is 0 Å². The first-order valence-electron chi connectivity index (χ1n) is 15.2. The van der Waals surface area contributed by atoms with Gasteiger partial charge in [-0.15, -0.1) is 0 Å². The summed E-state index contributed by atoms with van der Waals surface area (Å²) in [7, 11) is 0. The lowest BCUT2D eigenvalue weighted by Gasteiger charge is -2.31. The highest BCUT2D eigenvalue weighted by atomic mass is 19.2. The molecule has 2 aromatic carbocycles. The van der Waals surface area contributed by atoms with Crippen LogP contribution in [0.25, 0.3) is 10.8 Å². The van der Waals surface area contributed by atoms with Crippen molar-refractivity contribution in [1.29, 1.82) is 0 Å². The number of rotatable bonds is 11. The molecule has 0 nitrogen and oxygen atoms in total. The third-order valence-corrected chi connectivity index (χ3v) is 9.22. The topological polar surface area (TPSA) is 0 Å². The first-order valence-corrected chi connectivity index (χ1v) is 15.2. The van der Waals surface area contributed by atoms with Crippen LogP contribution in [-0.4, -0.2) is 0 Å². The molecule has 0 unspecified atom stereocenters. The van der Waals surface area contributed by atoms with Gasteiger partial charge in [0.05, 0.1) is 0 Å². The van der Waals surface area contributed by atoms with E-state index in [1.807, 2.05) is 18.2 Å². The Labute approximate surface area is 219 Å². The van der Waals surface area contributed by atoms with Crippen molar-refractivity contribution in [3.8, 4) is 0 Å². The second-order valence-corrected chi connectivity index (χ2v) is 11.9. The molecule has 2 saturated carbocycles. The quantitative estimate of drug-likeness (QED) is 0.215. The standard InChI is InChI=1S/C34H48F2/c1-3-5-7-9-25-11-13-26(14-12-25)15-16-27-17-19-28(20-18-27)29-21-22-30-23-31(10-8-6-4-2)33(35)34(36)32(30)24-29/h7,9,21-28H,3-6,8,10-20H2,1-2H3/b9-7+. The molecule has 0 aliphatic heterocycles. The van der Waals surface area contributed by atoms with Gasteiger partial charge in [0.25, 0.3) is 0 Å². The zero-order valence-electron chi connectivity index (χ0n) is 22.8. The maximum absolute atomic E-state index is 15.0.